The molecule has 39 heavy (non-hydrogen) atoms. The van der Waals surface area contributed by atoms with Crippen molar-refractivity contribution >= 4 is 52.3 Å². The molecule has 0 radical (unpaired) electrons. The van der Waals surface area contributed by atoms with Gasteiger partial charge in [-0.25, -0.2) is 4.79 Å². The number of amides is 3. The Balaban J connectivity index is 2.18. The van der Waals surface area contributed by atoms with E-state index in [1.807, 2.05) is 30.5 Å². The first-order valence-corrected chi connectivity index (χ1v) is 14.0. The van der Waals surface area contributed by atoms with Crippen molar-refractivity contribution in [2.24, 2.45) is 11.7 Å². The van der Waals surface area contributed by atoms with E-state index < -0.39 is 60.2 Å². The summed E-state index contributed by atoms with van der Waals surface area (Å²) in [5, 5.41) is 27.3. The van der Waals surface area contributed by atoms with E-state index in [2.05, 4.69) is 20.9 Å². The smallest absolute Gasteiger partial charge is 0.326 e. The van der Waals surface area contributed by atoms with Gasteiger partial charge < -0.3 is 36.9 Å². The number of nitrogens with one attached hydrogen (secondary N) is 4. The monoisotopic (exact) mass is 563 g/mol. The number of H-pyrrole nitrogens is 1. The molecule has 214 valence electrons. The predicted molar refractivity (Wildman–Crippen MR) is 148 cm³/mol. The maximum atomic E-state index is 13.2. The van der Waals surface area contributed by atoms with E-state index in [-0.39, 0.29) is 25.2 Å². The van der Waals surface area contributed by atoms with Gasteiger partial charge in [0.05, 0.1) is 6.04 Å². The van der Waals surface area contributed by atoms with Crippen LogP contribution in [0.25, 0.3) is 10.9 Å². The normalized spacial score (nSPS) is 14.3. The first kappa shape index (κ1) is 31.6. The number of carbonyl (C=O) groups excluding carboxylic acids is 3. The fraction of sp³-hybridized carbons (Fsp3) is 0.500. The van der Waals surface area contributed by atoms with Crippen molar-refractivity contribution in [1.29, 1.82) is 0 Å². The second-order valence-electron chi connectivity index (χ2n) is 9.57. The van der Waals surface area contributed by atoms with Gasteiger partial charge in [-0.2, -0.15) is 11.8 Å². The molecular weight excluding hydrogens is 526 g/mol. The third-order valence-corrected chi connectivity index (χ3v) is 6.90. The Hall–Kier alpha value is -3.58. The zero-order chi connectivity index (χ0) is 29.1. The number of hydrogen-bond acceptors (Lipinski definition) is 7. The number of carboxylic acids is 2. The van der Waals surface area contributed by atoms with Gasteiger partial charge in [-0.3, -0.25) is 19.2 Å². The second kappa shape index (κ2) is 15.1. The Kier molecular flexibility index (Phi) is 12.3. The predicted octanol–water partition coefficient (Wildman–Crippen LogP) is 0.851. The summed E-state index contributed by atoms with van der Waals surface area (Å²) < 4.78 is 0. The van der Waals surface area contributed by atoms with Crippen molar-refractivity contribution in [3.8, 4) is 0 Å². The van der Waals surface area contributed by atoms with Crippen molar-refractivity contribution in [2.75, 3.05) is 12.0 Å². The molecule has 0 aliphatic rings. The average Bonchev–Trinajstić information content (AvgIpc) is 3.30. The van der Waals surface area contributed by atoms with Crippen molar-refractivity contribution < 1.29 is 34.2 Å². The van der Waals surface area contributed by atoms with Crippen molar-refractivity contribution in [1.82, 2.24) is 20.9 Å². The lowest BCUT2D eigenvalue weighted by Gasteiger charge is -2.25. The van der Waals surface area contributed by atoms with E-state index in [4.69, 9.17) is 10.8 Å². The van der Waals surface area contributed by atoms with E-state index in [0.717, 1.165) is 10.9 Å². The van der Waals surface area contributed by atoms with Crippen LogP contribution in [0.5, 0.6) is 0 Å². The first-order chi connectivity index (χ1) is 18.4. The standard InChI is InChI=1S/C26H37N5O7S/c1-14(2)22(27)25(36)30-18(8-9-21(32)33)23(34)29-19(10-11-39-3)24(35)31-20(26(37)38)12-15-13-28-17-7-5-4-6-16(15)17/h4-7,13-14,18-20,22,28H,8-12,27H2,1-3H3,(H,29,34)(H,30,36)(H,31,35)(H,32,33)(H,37,38). The minimum Gasteiger partial charge on any atom is -0.481 e. The number of carboxylic acid groups (broad SMARTS) is 2. The quantitative estimate of drug-likeness (QED) is 0.154. The molecule has 0 saturated heterocycles. The Bertz CT molecular complexity index is 1170. The van der Waals surface area contributed by atoms with Crippen LogP contribution in [0, 0.1) is 5.92 Å². The highest BCUT2D eigenvalue weighted by Gasteiger charge is 2.31. The van der Waals surface area contributed by atoms with Gasteiger partial charge >= 0.3 is 11.9 Å². The molecule has 0 aliphatic carbocycles. The number of benzene rings is 1. The van der Waals surface area contributed by atoms with Gasteiger partial charge in [0.15, 0.2) is 0 Å². The number of para-hydroxylation sites is 1. The fourth-order valence-corrected chi connectivity index (χ4v) is 4.35. The van der Waals surface area contributed by atoms with Crippen LogP contribution in [0.3, 0.4) is 0 Å². The third-order valence-electron chi connectivity index (χ3n) is 6.26. The summed E-state index contributed by atoms with van der Waals surface area (Å²) >= 11 is 1.43. The van der Waals surface area contributed by atoms with Crippen LogP contribution < -0.4 is 21.7 Å². The average molecular weight is 564 g/mol. The molecule has 1 aromatic heterocycles. The highest BCUT2D eigenvalue weighted by atomic mass is 32.2. The molecule has 1 aromatic carbocycles. The van der Waals surface area contributed by atoms with Crippen LogP contribution in [0.4, 0.5) is 0 Å². The zero-order valence-corrected chi connectivity index (χ0v) is 23.0. The van der Waals surface area contributed by atoms with Crippen LogP contribution in [0.1, 0.15) is 38.7 Å². The van der Waals surface area contributed by atoms with Crippen molar-refractivity contribution in [2.45, 2.75) is 63.7 Å². The van der Waals surface area contributed by atoms with Gasteiger partial charge in [-0.05, 0) is 42.4 Å². The van der Waals surface area contributed by atoms with Crippen LogP contribution >= 0.6 is 11.8 Å². The van der Waals surface area contributed by atoms with E-state index in [1.165, 1.54) is 11.8 Å². The number of aliphatic carboxylic acids is 2. The molecule has 0 fully saturated rings. The minimum atomic E-state index is -1.27. The van der Waals surface area contributed by atoms with Crippen LogP contribution in [-0.4, -0.2) is 81.0 Å². The van der Waals surface area contributed by atoms with Crippen molar-refractivity contribution in [3.05, 3.63) is 36.0 Å². The van der Waals surface area contributed by atoms with Crippen LogP contribution in [-0.2, 0) is 30.4 Å². The summed E-state index contributed by atoms with van der Waals surface area (Å²) in [6.07, 6.45) is 3.09. The number of hydrogen-bond donors (Lipinski definition) is 7. The summed E-state index contributed by atoms with van der Waals surface area (Å²) in [5.74, 6) is -4.23. The molecule has 4 unspecified atom stereocenters. The number of nitrogens with two attached hydrogens (primary N) is 1. The molecule has 2 rings (SSSR count). The Morgan fingerprint density at radius 1 is 0.923 bits per heavy atom. The molecule has 0 aliphatic heterocycles. The maximum Gasteiger partial charge on any atom is 0.326 e. The molecule has 0 bridgehead atoms. The fourth-order valence-electron chi connectivity index (χ4n) is 3.88. The highest BCUT2D eigenvalue weighted by molar-refractivity contribution is 7.98. The van der Waals surface area contributed by atoms with Crippen LogP contribution in [0.2, 0.25) is 0 Å². The lowest BCUT2D eigenvalue weighted by Crippen LogP contribution is -2.57. The largest absolute Gasteiger partial charge is 0.481 e. The van der Waals surface area contributed by atoms with Gasteiger partial charge in [-0.15, -0.1) is 0 Å². The molecule has 3 amide bonds. The molecule has 8 N–H and O–H groups in total. The lowest BCUT2D eigenvalue weighted by molar-refractivity contribution is -0.142. The number of aromatic amines is 1. The zero-order valence-electron chi connectivity index (χ0n) is 22.2. The second-order valence-corrected chi connectivity index (χ2v) is 10.6. The summed E-state index contributed by atoms with van der Waals surface area (Å²) in [6, 6.07) is 2.84. The van der Waals surface area contributed by atoms with Crippen molar-refractivity contribution in [3.63, 3.8) is 0 Å². The Morgan fingerprint density at radius 3 is 2.10 bits per heavy atom. The third kappa shape index (κ3) is 9.59. The van der Waals surface area contributed by atoms with Crippen LogP contribution in [0.15, 0.2) is 30.5 Å². The van der Waals surface area contributed by atoms with E-state index >= 15 is 0 Å². The summed E-state index contributed by atoms with van der Waals surface area (Å²) in [7, 11) is 0. The van der Waals surface area contributed by atoms with Gasteiger partial charge in [0.2, 0.25) is 17.7 Å². The number of thioether (sulfide) groups is 1. The minimum absolute atomic E-state index is 0.0126. The molecule has 0 saturated carbocycles. The lowest BCUT2D eigenvalue weighted by atomic mass is 10.0. The molecular formula is C26H37N5O7S. The summed E-state index contributed by atoms with van der Waals surface area (Å²) in [4.78, 5) is 65.0. The van der Waals surface area contributed by atoms with E-state index in [1.54, 1.807) is 20.0 Å². The van der Waals surface area contributed by atoms with Gasteiger partial charge in [0, 0.05) is 29.9 Å². The molecule has 12 nitrogen and oxygen atoms in total. The number of aromatic nitrogens is 1. The Morgan fingerprint density at radius 2 is 1.51 bits per heavy atom. The summed E-state index contributed by atoms with van der Waals surface area (Å²) in [5.41, 5.74) is 7.41. The molecule has 1 heterocycles. The number of fused-ring (bicyclic) bond motifs is 1. The molecule has 2 aromatic rings. The molecule has 4 atom stereocenters. The van der Waals surface area contributed by atoms with E-state index in [9.17, 15) is 29.1 Å². The number of carbonyl (C=O) groups is 5. The van der Waals surface area contributed by atoms with Gasteiger partial charge in [0.1, 0.15) is 18.1 Å². The number of rotatable bonds is 16. The molecule has 0 spiro atoms. The van der Waals surface area contributed by atoms with Gasteiger partial charge in [0.25, 0.3) is 0 Å². The highest BCUT2D eigenvalue weighted by Crippen LogP contribution is 2.19. The summed E-state index contributed by atoms with van der Waals surface area (Å²) in [6.45, 7) is 3.46. The topological polar surface area (TPSA) is 204 Å². The van der Waals surface area contributed by atoms with Gasteiger partial charge in [-0.1, -0.05) is 32.0 Å². The molecule has 13 heteroatoms. The maximum absolute atomic E-state index is 13.2. The van der Waals surface area contributed by atoms with E-state index in [0.29, 0.717) is 11.3 Å². The Labute approximate surface area is 230 Å². The SMILES string of the molecule is CSCCC(NC(=O)C(CCC(=O)O)NC(=O)C(N)C(C)C)C(=O)NC(Cc1c[nH]c2ccccc12)C(=O)O. The first-order valence-electron chi connectivity index (χ1n) is 12.6.